The molecular formula is C29H30F2O2. The highest BCUT2D eigenvalue weighted by molar-refractivity contribution is 5.83. The molecule has 1 heterocycles. The molecule has 0 N–H and O–H groups in total. The molecule has 0 bridgehead atoms. The number of unbranched alkanes of at least 4 members (excludes halogenated alkanes) is 2. The zero-order valence-electron chi connectivity index (χ0n) is 19.1. The zero-order valence-corrected chi connectivity index (χ0v) is 19.1. The third-order valence-electron chi connectivity index (χ3n) is 6.10. The SMILES string of the molecule is CCCCCC1COC(CCc2ccc(C#Cc3ccc4cc(F)ccc4c3)c(F)c2)OC1. The maximum atomic E-state index is 14.6. The van der Waals surface area contributed by atoms with E-state index in [1.54, 1.807) is 18.2 Å². The van der Waals surface area contributed by atoms with E-state index in [9.17, 15) is 8.78 Å². The first-order valence-corrected chi connectivity index (χ1v) is 11.8. The third-order valence-corrected chi connectivity index (χ3v) is 6.10. The molecule has 0 atom stereocenters. The first-order chi connectivity index (χ1) is 16.1. The second-order valence-electron chi connectivity index (χ2n) is 8.77. The van der Waals surface area contributed by atoms with Crippen molar-refractivity contribution in [2.24, 2.45) is 5.92 Å². The van der Waals surface area contributed by atoms with Gasteiger partial charge in [-0.05, 0) is 65.6 Å². The van der Waals surface area contributed by atoms with E-state index in [0.29, 0.717) is 24.3 Å². The lowest BCUT2D eigenvalue weighted by molar-refractivity contribution is -0.203. The summed E-state index contributed by atoms with van der Waals surface area (Å²) in [5.74, 6) is 5.82. The van der Waals surface area contributed by atoms with Crippen molar-refractivity contribution in [2.45, 2.75) is 51.7 Å². The van der Waals surface area contributed by atoms with E-state index in [2.05, 4.69) is 18.8 Å². The lowest BCUT2D eigenvalue weighted by Crippen LogP contribution is -2.32. The summed E-state index contributed by atoms with van der Waals surface area (Å²) in [6.07, 6.45) is 6.07. The van der Waals surface area contributed by atoms with Gasteiger partial charge in [0, 0.05) is 17.9 Å². The van der Waals surface area contributed by atoms with Gasteiger partial charge in [0.15, 0.2) is 6.29 Å². The number of rotatable bonds is 7. The normalized spacial score (nSPS) is 18.2. The van der Waals surface area contributed by atoms with Gasteiger partial charge in [-0.15, -0.1) is 0 Å². The van der Waals surface area contributed by atoms with Crippen molar-refractivity contribution < 1.29 is 18.3 Å². The van der Waals surface area contributed by atoms with Gasteiger partial charge in [-0.3, -0.25) is 0 Å². The summed E-state index contributed by atoms with van der Waals surface area (Å²) in [6, 6.07) is 15.3. The number of ether oxygens (including phenoxy) is 2. The summed E-state index contributed by atoms with van der Waals surface area (Å²) in [5, 5.41) is 1.72. The molecule has 0 saturated carbocycles. The summed E-state index contributed by atoms with van der Waals surface area (Å²) in [6.45, 7) is 3.71. The molecule has 172 valence electrons. The van der Waals surface area contributed by atoms with Crippen molar-refractivity contribution in [3.05, 3.63) is 82.9 Å². The molecule has 4 heteroatoms. The Kier molecular flexibility index (Phi) is 8.10. The van der Waals surface area contributed by atoms with Crippen molar-refractivity contribution in [2.75, 3.05) is 13.2 Å². The third kappa shape index (κ3) is 6.63. The van der Waals surface area contributed by atoms with E-state index in [4.69, 9.17) is 9.47 Å². The summed E-state index contributed by atoms with van der Waals surface area (Å²) in [7, 11) is 0. The Labute approximate surface area is 194 Å². The summed E-state index contributed by atoms with van der Waals surface area (Å²) < 4.78 is 39.7. The van der Waals surface area contributed by atoms with Gasteiger partial charge in [0.05, 0.1) is 18.8 Å². The molecular weight excluding hydrogens is 418 g/mol. The lowest BCUT2D eigenvalue weighted by Gasteiger charge is -2.29. The van der Waals surface area contributed by atoms with Crippen LogP contribution in [0.2, 0.25) is 0 Å². The average Bonchev–Trinajstić information content (AvgIpc) is 2.83. The highest BCUT2D eigenvalue weighted by Crippen LogP contribution is 2.21. The van der Waals surface area contributed by atoms with Crippen LogP contribution in [-0.4, -0.2) is 19.5 Å². The van der Waals surface area contributed by atoms with Gasteiger partial charge in [-0.2, -0.15) is 0 Å². The first kappa shape index (κ1) is 23.4. The molecule has 1 saturated heterocycles. The minimum atomic E-state index is -0.329. The zero-order chi connectivity index (χ0) is 23.0. The van der Waals surface area contributed by atoms with Gasteiger partial charge in [0.25, 0.3) is 0 Å². The smallest absolute Gasteiger partial charge is 0.157 e. The van der Waals surface area contributed by atoms with Gasteiger partial charge < -0.3 is 9.47 Å². The van der Waals surface area contributed by atoms with Crippen molar-refractivity contribution in [1.29, 1.82) is 0 Å². The number of aryl methyl sites for hydroxylation is 1. The summed E-state index contributed by atoms with van der Waals surface area (Å²) in [4.78, 5) is 0. The van der Waals surface area contributed by atoms with E-state index in [1.807, 2.05) is 24.3 Å². The molecule has 0 radical (unpaired) electrons. The molecule has 33 heavy (non-hydrogen) atoms. The van der Waals surface area contributed by atoms with E-state index in [-0.39, 0.29) is 17.9 Å². The Morgan fingerprint density at radius 3 is 2.42 bits per heavy atom. The summed E-state index contributed by atoms with van der Waals surface area (Å²) >= 11 is 0. The van der Waals surface area contributed by atoms with E-state index in [1.165, 1.54) is 31.4 Å². The number of hydrogen-bond donors (Lipinski definition) is 0. The van der Waals surface area contributed by atoms with Gasteiger partial charge in [0.1, 0.15) is 11.6 Å². The van der Waals surface area contributed by atoms with Gasteiger partial charge in [0.2, 0.25) is 0 Å². The Morgan fingerprint density at radius 2 is 1.64 bits per heavy atom. The monoisotopic (exact) mass is 448 g/mol. The van der Waals surface area contributed by atoms with Crippen LogP contribution in [0.4, 0.5) is 8.78 Å². The maximum absolute atomic E-state index is 14.6. The predicted octanol–water partition coefficient (Wildman–Crippen LogP) is 7.02. The van der Waals surface area contributed by atoms with Crippen LogP contribution in [0, 0.1) is 29.4 Å². The number of halogens is 2. The van der Waals surface area contributed by atoms with Crippen LogP contribution < -0.4 is 0 Å². The fourth-order valence-corrected chi connectivity index (χ4v) is 4.13. The molecule has 2 nitrogen and oxygen atoms in total. The van der Waals surface area contributed by atoms with Crippen molar-refractivity contribution >= 4 is 10.8 Å². The molecule has 0 unspecified atom stereocenters. The molecule has 0 aromatic heterocycles. The van der Waals surface area contributed by atoms with Crippen molar-refractivity contribution in [3.8, 4) is 11.8 Å². The quantitative estimate of drug-likeness (QED) is 0.286. The van der Waals surface area contributed by atoms with Crippen LogP contribution in [0.1, 0.15) is 55.7 Å². The Bertz CT molecular complexity index is 1140. The molecule has 0 spiro atoms. The first-order valence-electron chi connectivity index (χ1n) is 11.8. The van der Waals surface area contributed by atoms with Gasteiger partial charge in [-0.1, -0.05) is 56.2 Å². The van der Waals surface area contributed by atoms with Crippen molar-refractivity contribution in [3.63, 3.8) is 0 Å². The molecule has 3 aromatic carbocycles. The fraction of sp³-hybridized carbons (Fsp3) is 0.379. The minimum absolute atomic E-state index is 0.212. The van der Waals surface area contributed by atoms with E-state index >= 15 is 0 Å². The van der Waals surface area contributed by atoms with Crippen LogP contribution in [0.3, 0.4) is 0 Å². The second kappa shape index (κ2) is 11.4. The van der Waals surface area contributed by atoms with E-state index in [0.717, 1.165) is 41.5 Å². The Hall–Kier alpha value is -2.74. The molecule has 1 fully saturated rings. The highest BCUT2D eigenvalue weighted by atomic mass is 19.1. The molecule has 0 amide bonds. The molecule has 1 aliphatic rings. The average molecular weight is 449 g/mol. The maximum Gasteiger partial charge on any atom is 0.157 e. The topological polar surface area (TPSA) is 18.5 Å². The molecule has 0 aliphatic carbocycles. The predicted molar refractivity (Wildman–Crippen MR) is 128 cm³/mol. The van der Waals surface area contributed by atoms with Gasteiger partial charge >= 0.3 is 0 Å². The molecule has 3 aromatic rings. The van der Waals surface area contributed by atoms with Crippen LogP contribution in [0.15, 0.2) is 54.6 Å². The van der Waals surface area contributed by atoms with Crippen LogP contribution in [-0.2, 0) is 15.9 Å². The number of fused-ring (bicyclic) bond motifs is 1. The second-order valence-corrected chi connectivity index (χ2v) is 8.77. The number of benzene rings is 3. The number of hydrogen-bond acceptors (Lipinski definition) is 2. The molecule has 4 rings (SSSR count). The minimum Gasteiger partial charge on any atom is -0.352 e. The highest BCUT2D eigenvalue weighted by Gasteiger charge is 2.21. The fourth-order valence-electron chi connectivity index (χ4n) is 4.13. The van der Waals surface area contributed by atoms with E-state index < -0.39 is 0 Å². The standard InChI is InChI=1S/C29H30F2O2/c1-2-3-4-5-23-19-32-29(33-20-23)15-9-22-7-11-24(28(31)17-22)10-6-21-8-12-26-18-27(30)14-13-25(26)16-21/h7-8,11-14,16-18,23,29H,2-5,9,15,19-20H2,1H3. The van der Waals surface area contributed by atoms with Crippen LogP contribution >= 0.6 is 0 Å². The van der Waals surface area contributed by atoms with Crippen LogP contribution in [0.25, 0.3) is 10.8 Å². The summed E-state index contributed by atoms with van der Waals surface area (Å²) in [5.41, 5.74) is 2.03. The lowest BCUT2D eigenvalue weighted by atomic mass is 10.0. The Morgan fingerprint density at radius 1 is 0.848 bits per heavy atom. The molecule has 1 aliphatic heterocycles. The largest absolute Gasteiger partial charge is 0.352 e. The van der Waals surface area contributed by atoms with Crippen LogP contribution in [0.5, 0.6) is 0 Å². The van der Waals surface area contributed by atoms with Gasteiger partial charge in [-0.25, -0.2) is 8.78 Å². The van der Waals surface area contributed by atoms with Crippen molar-refractivity contribution in [1.82, 2.24) is 0 Å². The Balaban J connectivity index is 1.31.